The molecule has 1 saturated heterocycles. The lowest BCUT2D eigenvalue weighted by Crippen LogP contribution is -2.29. The molecule has 0 aliphatic carbocycles. The van der Waals surface area contributed by atoms with Crippen LogP contribution in [0.3, 0.4) is 0 Å². The van der Waals surface area contributed by atoms with Gasteiger partial charge in [-0.1, -0.05) is 12.1 Å². The number of carbonyl (C=O) groups excluding carboxylic acids is 1. The average molecular weight is 316 g/mol. The first kappa shape index (κ1) is 14.7. The van der Waals surface area contributed by atoms with Crippen LogP contribution in [0.5, 0.6) is 0 Å². The van der Waals surface area contributed by atoms with Gasteiger partial charge in [0.15, 0.2) is 0 Å². The summed E-state index contributed by atoms with van der Waals surface area (Å²) >= 11 is 1.55. The van der Waals surface area contributed by atoms with Crippen LogP contribution in [0.15, 0.2) is 29.6 Å². The second-order valence-corrected chi connectivity index (χ2v) is 6.31. The molecular formula is C16H16N2O3S. The van der Waals surface area contributed by atoms with E-state index in [1.54, 1.807) is 22.3 Å². The number of benzene rings is 1. The highest BCUT2D eigenvalue weighted by Gasteiger charge is 2.31. The Morgan fingerprint density at radius 3 is 2.86 bits per heavy atom. The molecule has 5 nitrogen and oxygen atoms in total. The van der Waals surface area contributed by atoms with Gasteiger partial charge in [-0.2, -0.15) is 0 Å². The normalized spacial score (nSPS) is 17.7. The smallest absolute Gasteiger partial charge is 0.308 e. The maximum Gasteiger partial charge on any atom is 0.308 e. The Morgan fingerprint density at radius 2 is 2.23 bits per heavy atom. The van der Waals surface area contributed by atoms with Gasteiger partial charge in [0.25, 0.3) is 5.91 Å². The van der Waals surface area contributed by atoms with Gasteiger partial charge < -0.3 is 10.0 Å². The van der Waals surface area contributed by atoms with E-state index in [1.807, 2.05) is 30.5 Å². The maximum atomic E-state index is 12.5. The summed E-state index contributed by atoms with van der Waals surface area (Å²) in [6, 6.07) is 7.36. The van der Waals surface area contributed by atoms with Gasteiger partial charge in [0.1, 0.15) is 5.01 Å². The molecular weight excluding hydrogens is 300 g/mol. The van der Waals surface area contributed by atoms with E-state index in [4.69, 9.17) is 5.11 Å². The number of aliphatic carboxylic acids is 1. The maximum absolute atomic E-state index is 12.5. The number of hydrogen-bond donors (Lipinski definition) is 1. The number of likely N-dealkylation sites (tertiary alicyclic amines) is 1. The number of carboxylic acid groups (broad SMARTS) is 1. The van der Waals surface area contributed by atoms with Crippen LogP contribution in [-0.2, 0) is 4.79 Å². The van der Waals surface area contributed by atoms with Crippen LogP contribution in [0.4, 0.5) is 0 Å². The van der Waals surface area contributed by atoms with E-state index in [0.717, 1.165) is 16.3 Å². The topological polar surface area (TPSA) is 70.5 Å². The molecule has 1 amide bonds. The van der Waals surface area contributed by atoms with Gasteiger partial charge in [0.2, 0.25) is 0 Å². The van der Waals surface area contributed by atoms with Gasteiger partial charge in [-0.3, -0.25) is 9.59 Å². The molecule has 2 aromatic rings. The van der Waals surface area contributed by atoms with Crippen LogP contribution in [0.25, 0.3) is 10.6 Å². The SMILES string of the molecule is Cc1csc(-c2cccc(C(=O)N3CC[C@@H](C(=O)O)C3)c2)n1. The van der Waals surface area contributed by atoms with Crippen LogP contribution in [0.2, 0.25) is 0 Å². The highest BCUT2D eigenvalue weighted by Crippen LogP contribution is 2.25. The molecule has 0 radical (unpaired) electrons. The zero-order valence-electron chi connectivity index (χ0n) is 12.2. The summed E-state index contributed by atoms with van der Waals surface area (Å²) in [6.07, 6.45) is 0.520. The van der Waals surface area contributed by atoms with Gasteiger partial charge in [0.05, 0.1) is 5.92 Å². The van der Waals surface area contributed by atoms with Crippen LogP contribution < -0.4 is 0 Å². The fourth-order valence-corrected chi connectivity index (χ4v) is 3.40. The molecule has 1 aliphatic rings. The first-order chi connectivity index (χ1) is 10.5. The zero-order valence-corrected chi connectivity index (χ0v) is 13.0. The fraction of sp³-hybridized carbons (Fsp3) is 0.312. The number of rotatable bonds is 3. The van der Waals surface area contributed by atoms with Crippen molar-refractivity contribution < 1.29 is 14.7 Å². The Morgan fingerprint density at radius 1 is 1.41 bits per heavy atom. The minimum absolute atomic E-state index is 0.112. The van der Waals surface area contributed by atoms with Crippen molar-refractivity contribution >= 4 is 23.2 Å². The van der Waals surface area contributed by atoms with E-state index in [1.165, 1.54) is 0 Å². The molecule has 0 saturated carbocycles. The molecule has 1 fully saturated rings. The van der Waals surface area contributed by atoms with Gasteiger partial charge in [-0.15, -0.1) is 11.3 Å². The monoisotopic (exact) mass is 316 g/mol. The first-order valence-corrected chi connectivity index (χ1v) is 7.97. The molecule has 1 N–H and O–H groups in total. The quantitative estimate of drug-likeness (QED) is 0.945. The number of amides is 1. The number of hydrogen-bond acceptors (Lipinski definition) is 4. The second kappa shape index (κ2) is 5.88. The third kappa shape index (κ3) is 2.87. The first-order valence-electron chi connectivity index (χ1n) is 7.09. The third-order valence-corrected chi connectivity index (χ3v) is 4.81. The summed E-state index contributed by atoms with van der Waals surface area (Å²) in [6.45, 7) is 2.72. The van der Waals surface area contributed by atoms with Gasteiger partial charge in [-0.05, 0) is 25.5 Å². The molecule has 1 atom stereocenters. The van der Waals surface area contributed by atoms with E-state index in [0.29, 0.717) is 18.5 Å². The zero-order chi connectivity index (χ0) is 15.7. The summed E-state index contributed by atoms with van der Waals surface area (Å²) in [5.74, 6) is -1.39. The minimum Gasteiger partial charge on any atom is -0.481 e. The average Bonchev–Trinajstić information content (AvgIpc) is 3.15. The summed E-state index contributed by atoms with van der Waals surface area (Å²) in [5.41, 5.74) is 2.45. The van der Waals surface area contributed by atoms with Gasteiger partial charge >= 0.3 is 5.97 Å². The van der Waals surface area contributed by atoms with Crippen LogP contribution in [0.1, 0.15) is 22.5 Å². The van der Waals surface area contributed by atoms with E-state index >= 15 is 0 Å². The van der Waals surface area contributed by atoms with Gasteiger partial charge in [-0.25, -0.2) is 4.98 Å². The molecule has 2 heterocycles. The Hall–Kier alpha value is -2.21. The third-order valence-electron chi connectivity index (χ3n) is 3.80. The van der Waals surface area contributed by atoms with Crippen molar-refractivity contribution in [1.29, 1.82) is 0 Å². The van der Waals surface area contributed by atoms with E-state index in [9.17, 15) is 9.59 Å². The van der Waals surface area contributed by atoms with Crippen molar-refractivity contribution in [2.45, 2.75) is 13.3 Å². The molecule has 6 heteroatoms. The lowest BCUT2D eigenvalue weighted by Gasteiger charge is -2.16. The Balaban J connectivity index is 1.80. The number of carboxylic acids is 1. The molecule has 1 aromatic carbocycles. The molecule has 22 heavy (non-hydrogen) atoms. The number of aromatic nitrogens is 1. The molecule has 114 valence electrons. The summed E-state index contributed by atoms with van der Waals surface area (Å²) in [4.78, 5) is 29.6. The van der Waals surface area contributed by atoms with E-state index in [2.05, 4.69) is 4.98 Å². The van der Waals surface area contributed by atoms with Crippen molar-refractivity contribution in [3.63, 3.8) is 0 Å². The minimum atomic E-state index is -0.831. The highest BCUT2D eigenvalue weighted by atomic mass is 32.1. The lowest BCUT2D eigenvalue weighted by atomic mass is 10.1. The molecule has 0 spiro atoms. The molecule has 0 unspecified atom stereocenters. The number of thiazole rings is 1. The van der Waals surface area contributed by atoms with Crippen molar-refractivity contribution in [2.75, 3.05) is 13.1 Å². The number of carbonyl (C=O) groups is 2. The standard InChI is InChI=1S/C16H16N2O3S/c1-10-9-22-14(17-10)11-3-2-4-12(7-11)15(19)18-6-5-13(8-18)16(20)21/h2-4,7,9,13H,5-6,8H2,1H3,(H,20,21)/t13-/m1/s1. The Kier molecular flexibility index (Phi) is 3.94. The van der Waals surface area contributed by atoms with Crippen molar-refractivity contribution in [3.05, 3.63) is 40.9 Å². The predicted molar refractivity (Wildman–Crippen MR) is 83.9 cm³/mol. The van der Waals surface area contributed by atoms with Crippen LogP contribution >= 0.6 is 11.3 Å². The summed E-state index contributed by atoms with van der Waals surface area (Å²) in [7, 11) is 0. The molecule has 0 bridgehead atoms. The predicted octanol–water partition coefficient (Wildman–Crippen LogP) is 2.67. The lowest BCUT2D eigenvalue weighted by molar-refractivity contribution is -0.141. The largest absolute Gasteiger partial charge is 0.481 e. The van der Waals surface area contributed by atoms with Gasteiger partial charge in [0, 0.05) is 35.3 Å². The Bertz CT molecular complexity index is 726. The summed E-state index contributed by atoms with van der Waals surface area (Å²) in [5, 5.41) is 11.9. The second-order valence-electron chi connectivity index (χ2n) is 5.45. The van der Waals surface area contributed by atoms with Crippen LogP contribution in [-0.4, -0.2) is 40.0 Å². The summed E-state index contributed by atoms with van der Waals surface area (Å²) < 4.78 is 0. The molecule has 1 aliphatic heterocycles. The van der Waals surface area contributed by atoms with Crippen molar-refractivity contribution in [3.8, 4) is 10.6 Å². The van der Waals surface area contributed by atoms with Crippen molar-refractivity contribution in [1.82, 2.24) is 9.88 Å². The molecule has 1 aromatic heterocycles. The van der Waals surface area contributed by atoms with Crippen molar-refractivity contribution in [2.24, 2.45) is 5.92 Å². The van der Waals surface area contributed by atoms with Crippen LogP contribution in [0, 0.1) is 12.8 Å². The number of aryl methyl sites for hydroxylation is 1. The highest BCUT2D eigenvalue weighted by molar-refractivity contribution is 7.13. The molecule has 3 rings (SSSR count). The van der Waals surface area contributed by atoms with E-state index < -0.39 is 11.9 Å². The van der Waals surface area contributed by atoms with E-state index in [-0.39, 0.29) is 12.5 Å². The Labute approximate surface area is 132 Å². The fourth-order valence-electron chi connectivity index (χ4n) is 2.60. The number of nitrogens with zero attached hydrogens (tertiary/aromatic N) is 2.